The molecule has 30 heavy (non-hydrogen) atoms. The molecule has 1 aliphatic heterocycles. The van der Waals surface area contributed by atoms with Gasteiger partial charge in [0.25, 0.3) is 0 Å². The van der Waals surface area contributed by atoms with Crippen LogP contribution in [0.5, 0.6) is 0 Å². The van der Waals surface area contributed by atoms with Gasteiger partial charge in [0, 0.05) is 29.8 Å². The summed E-state index contributed by atoms with van der Waals surface area (Å²) in [7, 11) is 0. The average Bonchev–Trinajstić information content (AvgIpc) is 3.35. The van der Waals surface area contributed by atoms with Gasteiger partial charge in [-0.25, -0.2) is 0 Å². The minimum Gasteiger partial charge on any atom is -0.352 e. The summed E-state index contributed by atoms with van der Waals surface area (Å²) < 4.78 is 2.32. The molecule has 1 saturated heterocycles. The van der Waals surface area contributed by atoms with E-state index in [1.165, 1.54) is 43.5 Å². The van der Waals surface area contributed by atoms with Crippen molar-refractivity contribution in [3.63, 3.8) is 0 Å². The summed E-state index contributed by atoms with van der Waals surface area (Å²) in [6.45, 7) is 2.15. The van der Waals surface area contributed by atoms with Gasteiger partial charge in [-0.15, -0.1) is 0 Å². The zero-order valence-electron chi connectivity index (χ0n) is 17.2. The van der Waals surface area contributed by atoms with Gasteiger partial charge in [-0.05, 0) is 68.4 Å². The lowest BCUT2D eigenvalue weighted by molar-refractivity contribution is 0.193. The van der Waals surface area contributed by atoms with Crippen LogP contribution in [0.1, 0.15) is 61.3 Å². The van der Waals surface area contributed by atoms with Gasteiger partial charge in [-0.3, -0.25) is 9.97 Å². The largest absolute Gasteiger partial charge is 0.352 e. The molecule has 1 aliphatic carbocycles. The van der Waals surface area contributed by atoms with Crippen molar-refractivity contribution in [2.24, 2.45) is 0 Å². The fourth-order valence-corrected chi connectivity index (χ4v) is 5.45. The second-order valence-electron chi connectivity index (χ2n) is 8.27. The maximum Gasteiger partial charge on any atom is 0.170 e. The lowest BCUT2D eigenvalue weighted by atomic mass is 9.92. The summed E-state index contributed by atoms with van der Waals surface area (Å²) in [5.41, 5.74) is 4.53. The predicted octanol–water partition coefficient (Wildman–Crippen LogP) is 4.88. The first-order valence-corrected chi connectivity index (χ1v) is 11.2. The maximum absolute atomic E-state index is 5.91. The fraction of sp³-hybridized carbons (Fsp3) is 0.375. The van der Waals surface area contributed by atoms with Crippen LogP contribution in [-0.2, 0) is 0 Å². The Hall–Kier alpha value is -2.73. The van der Waals surface area contributed by atoms with Crippen LogP contribution in [-0.4, -0.2) is 30.6 Å². The molecular weight excluding hydrogens is 390 g/mol. The summed E-state index contributed by atoms with van der Waals surface area (Å²) in [6.07, 6.45) is 11.9. The van der Waals surface area contributed by atoms with E-state index >= 15 is 0 Å². The number of pyridine rings is 2. The molecule has 0 radical (unpaired) electrons. The smallest absolute Gasteiger partial charge is 0.170 e. The van der Waals surface area contributed by atoms with Crippen LogP contribution in [0.25, 0.3) is 5.69 Å². The third-order valence-electron chi connectivity index (χ3n) is 6.42. The second-order valence-corrected chi connectivity index (χ2v) is 8.66. The van der Waals surface area contributed by atoms with Crippen molar-refractivity contribution in [2.45, 2.75) is 57.2 Å². The van der Waals surface area contributed by atoms with Gasteiger partial charge < -0.3 is 14.8 Å². The Morgan fingerprint density at radius 1 is 1.00 bits per heavy atom. The summed E-state index contributed by atoms with van der Waals surface area (Å²) in [5.74, 6) is 0. The Balaban J connectivity index is 1.64. The first-order valence-electron chi connectivity index (χ1n) is 10.8. The van der Waals surface area contributed by atoms with Crippen LogP contribution in [0, 0.1) is 6.92 Å². The van der Waals surface area contributed by atoms with E-state index in [9.17, 15) is 0 Å². The maximum atomic E-state index is 5.91. The van der Waals surface area contributed by atoms with Crippen molar-refractivity contribution in [1.29, 1.82) is 0 Å². The molecule has 2 atom stereocenters. The molecule has 154 valence electrons. The van der Waals surface area contributed by atoms with E-state index in [0.717, 1.165) is 16.5 Å². The highest BCUT2D eigenvalue weighted by Gasteiger charge is 2.44. The van der Waals surface area contributed by atoms with E-state index < -0.39 is 0 Å². The molecule has 5 nitrogen and oxygen atoms in total. The first-order chi connectivity index (χ1) is 14.7. The number of thiocarbonyl (C=S) groups is 1. The van der Waals surface area contributed by atoms with Gasteiger partial charge in [-0.2, -0.15) is 0 Å². The number of rotatable bonds is 4. The van der Waals surface area contributed by atoms with E-state index in [0.29, 0.717) is 6.04 Å². The Labute approximate surface area is 183 Å². The fourth-order valence-electron chi connectivity index (χ4n) is 5.06. The topological polar surface area (TPSA) is 46.0 Å². The molecule has 1 saturated carbocycles. The highest BCUT2D eigenvalue weighted by atomic mass is 32.1. The molecule has 2 fully saturated rings. The number of hydrogen-bond donors (Lipinski definition) is 1. The molecule has 0 spiro atoms. The highest BCUT2D eigenvalue weighted by Crippen LogP contribution is 2.43. The molecule has 2 aliphatic rings. The average molecular weight is 418 g/mol. The van der Waals surface area contributed by atoms with Crippen molar-refractivity contribution in [3.8, 4) is 5.69 Å². The molecule has 3 aromatic heterocycles. The van der Waals surface area contributed by atoms with Crippen LogP contribution in [0.3, 0.4) is 0 Å². The minimum absolute atomic E-state index is 0.0188. The van der Waals surface area contributed by atoms with Gasteiger partial charge in [-0.1, -0.05) is 25.3 Å². The number of hydrogen-bond acceptors (Lipinski definition) is 3. The van der Waals surface area contributed by atoms with Crippen LogP contribution in [0.2, 0.25) is 0 Å². The Kier molecular flexibility index (Phi) is 5.25. The van der Waals surface area contributed by atoms with E-state index in [2.05, 4.69) is 62.0 Å². The molecule has 0 unspecified atom stereocenters. The Morgan fingerprint density at radius 3 is 2.60 bits per heavy atom. The van der Waals surface area contributed by atoms with Crippen molar-refractivity contribution >= 4 is 17.3 Å². The molecular formula is C24H27N5S. The lowest BCUT2D eigenvalue weighted by Crippen LogP contribution is -2.40. The Morgan fingerprint density at radius 2 is 1.87 bits per heavy atom. The van der Waals surface area contributed by atoms with Gasteiger partial charge in [0.1, 0.15) is 0 Å². The van der Waals surface area contributed by atoms with E-state index in [1.54, 1.807) is 0 Å². The van der Waals surface area contributed by atoms with Crippen molar-refractivity contribution in [1.82, 2.24) is 24.8 Å². The summed E-state index contributed by atoms with van der Waals surface area (Å²) in [6, 6.07) is 15.2. The lowest BCUT2D eigenvalue weighted by Gasteiger charge is -2.37. The zero-order chi connectivity index (χ0) is 20.5. The number of aryl methyl sites for hydroxylation is 1. The molecule has 3 aromatic rings. The highest BCUT2D eigenvalue weighted by molar-refractivity contribution is 7.80. The molecule has 6 heteroatoms. The second kappa shape index (κ2) is 8.19. The van der Waals surface area contributed by atoms with Crippen molar-refractivity contribution < 1.29 is 0 Å². The van der Waals surface area contributed by atoms with Crippen LogP contribution in [0.4, 0.5) is 0 Å². The monoisotopic (exact) mass is 417 g/mol. The van der Waals surface area contributed by atoms with Crippen LogP contribution >= 0.6 is 12.2 Å². The van der Waals surface area contributed by atoms with Crippen LogP contribution < -0.4 is 5.32 Å². The van der Waals surface area contributed by atoms with Crippen LogP contribution in [0.15, 0.2) is 61.1 Å². The summed E-state index contributed by atoms with van der Waals surface area (Å²) in [4.78, 5) is 11.5. The quantitative estimate of drug-likeness (QED) is 0.613. The molecule has 0 bridgehead atoms. The minimum atomic E-state index is 0.0188. The summed E-state index contributed by atoms with van der Waals surface area (Å²) in [5, 5.41) is 4.47. The number of nitrogens with one attached hydrogen (secondary N) is 1. The predicted molar refractivity (Wildman–Crippen MR) is 122 cm³/mol. The van der Waals surface area contributed by atoms with Gasteiger partial charge in [0.15, 0.2) is 5.11 Å². The normalized spacial score (nSPS) is 22.3. The number of nitrogens with zero attached hydrogens (tertiary/aromatic N) is 4. The third kappa shape index (κ3) is 3.39. The third-order valence-corrected chi connectivity index (χ3v) is 6.75. The standard InChI is InChI=1S/C24H27N5S/c1-17-12-13-21(28(17)19-10-7-14-25-16-19)23-22(20-11-5-6-15-26-20)27-24(30)29(23)18-8-3-2-4-9-18/h5-7,10-16,18,22-23H,2-4,8-9H2,1H3,(H,27,30)/t22-,23-/m0/s1. The zero-order valence-corrected chi connectivity index (χ0v) is 18.1. The van der Waals surface area contributed by atoms with Crippen molar-refractivity contribution in [2.75, 3.05) is 0 Å². The summed E-state index contributed by atoms with van der Waals surface area (Å²) >= 11 is 5.91. The molecule has 5 rings (SSSR count). The van der Waals surface area contributed by atoms with E-state index in [1.807, 2.05) is 30.7 Å². The SMILES string of the molecule is Cc1ccc([C@H]2[C@H](c3ccccn3)NC(=S)N2C2CCCCC2)n1-c1cccnc1. The molecule has 4 heterocycles. The van der Waals surface area contributed by atoms with Gasteiger partial charge in [0.2, 0.25) is 0 Å². The molecule has 1 N–H and O–H groups in total. The van der Waals surface area contributed by atoms with Crippen molar-refractivity contribution in [3.05, 3.63) is 78.1 Å². The van der Waals surface area contributed by atoms with Gasteiger partial charge in [0.05, 0.1) is 29.7 Å². The first kappa shape index (κ1) is 19.2. The molecule has 0 amide bonds. The van der Waals surface area contributed by atoms with E-state index in [-0.39, 0.29) is 12.1 Å². The van der Waals surface area contributed by atoms with Gasteiger partial charge >= 0.3 is 0 Å². The number of aromatic nitrogens is 3. The molecule has 0 aromatic carbocycles. The van der Waals surface area contributed by atoms with E-state index in [4.69, 9.17) is 12.2 Å². The Bertz CT molecular complexity index is 1010.